The fourth-order valence-electron chi connectivity index (χ4n) is 3.16. The summed E-state index contributed by atoms with van der Waals surface area (Å²) in [5.41, 5.74) is 1.53. The minimum Gasteiger partial charge on any atom is -0.484 e. The molecule has 0 atom stereocenters. The normalized spacial score (nSPS) is 11.4. The second-order valence-electron chi connectivity index (χ2n) is 7.31. The summed E-state index contributed by atoms with van der Waals surface area (Å²) in [4.78, 5) is 36.4. The van der Waals surface area contributed by atoms with Gasteiger partial charge >= 0.3 is 0 Å². The number of carbonyl (C=O) groups excluding carboxylic acids is 3. The summed E-state index contributed by atoms with van der Waals surface area (Å²) >= 11 is 0. The standard InChI is InChI=1S/C25H23N3O6/c29-23(15-32-20-10-11-21-22(14-20)34-16-33-21)28-19-8-6-18(7-9-19)25(31)27-13-12-26-24(30)17-4-2-1-3-5-17/h1-11,14H,12-13,15-16H2,(H,26,30)(H,27,31)(H,28,29). The first-order valence-corrected chi connectivity index (χ1v) is 10.6. The maximum Gasteiger partial charge on any atom is 0.262 e. The van der Waals surface area contributed by atoms with Crippen LogP contribution >= 0.6 is 0 Å². The zero-order valence-electron chi connectivity index (χ0n) is 18.2. The van der Waals surface area contributed by atoms with E-state index in [2.05, 4.69) is 16.0 Å². The Morgan fingerprint density at radius 3 is 2.12 bits per heavy atom. The van der Waals surface area contributed by atoms with Crippen molar-refractivity contribution in [3.05, 3.63) is 83.9 Å². The van der Waals surface area contributed by atoms with E-state index in [1.807, 2.05) is 6.07 Å². The lowest BCUT2D eigenvalue weighted by atomic mass is 10.2. The molecule has 0 aliphatic carbocycles. The van der Waals surface area contributed by atoms with Crippen LogP contribution in [0.2, 0.25) is 0 Å². The minimum absolute atomic E-state index is 0.165. The highest BCUT2D eigenvalue weighted by molar-refractivity contribution is 5.96. The summed E-state index contributed by atoms with van der Waals surface area (Å²) in [6.45, 7) is 0.568. The van der Waals surface area contributed by atoms with Gasteiger partial charge in [0, 0.05) is 36.0 Å². The highest BCUT2D eigenvalue weighted by Crippen LogP contribution is 2.35. The molecule has 0 radical (unpaired) electrons. The van der Waals surface area contributed by atoms with Crippen LogP contribution in [0, 0.1) is 0 Å². The Morgan fingerprint density at radius 2 is 1.41 bits per heavy atom. The Kier molecular flexibility index (Phi) is 7.24. The van der Waals surface area contributed by atoms with Gasteiger partial charge in [0.2, 0.25) is 6.79 Å². The Labute approximate surface area is 196 Å². The summed E-state index contributed by atoms with van der Waals surface area (Å²) in [6, 6.07) is 20.4. The number of carbonyl (C=O) groups is 3. The molecule has 0 unspecified atom stereocenters. The van der Waals surface area contributed by atoms with E-state index in [9.17, 15) is 14.4 Å². The van der Waals surface area contributed by atoms with Crippen molar-refractivity contribution in [2.45, 2.75) is 0 Å². The SMILES string of the molecule is O=C(COc1ccc2c(c1)OCO2)Nc1ccc(C(=O)NCCNC(=O)c2ccccc2)cc1. The third-order valence-electron chi connectivity index (χ3n) is 4.88. The molecule has 4 rings (SSSR count). The van der Waals surface area contributed by atoms with Gasteiger partial charge in [0.1, 0.15) is 5.75 Å². The number of amides is 3. The van der Waals surface area contributed by atoms with Crippen molar-refractivity contribution in [2.75, 3.05) is 31.8 Å². The molecule has 3 amide bonds. The summed E-state index contributed by atoms with van der Waals surface area (Å²) in [7, 11) is 0. The molecule has 34 heavy (non-hydrogen) atoms. The quantitative estimate of drug-likeness (QED) is 0.422. The summed E-state index contributed by atoms with van der Waals surface area (Å²) < 4.78 is 16.0. The maximum absolute atomic E-state index is 12.3. The van der Waals surface area contributed by atoms with Gasteiger partial charge in [-0.25, -0.2) is 0 Å². The van der Waals surface area contributed by atoms with Gasteiger partial charge in [-0.1, -0.05) is 18.2 Å². The van der Waals surface area contributed by atoms with Crippen LogP contribution in [-0.4, -0.2) is 44.2 Å². The minimum atomic E-state index is -0.343. The molecule has 174 valence electrons. The zero-order valence-corrected chi connectivity index (χ0v) is 18.2. The van der Waals surface area contributed by atoms with Gasteiger partial charge < -0.3 is 30.2 Å². The number of rotatable bonds is 9. The molecule has 9 nitrogen and oxygen atoms in total. The molecule has 1 aliphatic rings. The molecule has 0 aromatic heterocycles. The Bertz CT molecular complexity index is 1170. The molecule has 3 N–H and O–H groups in total. The van der Waals surface area contributed by atoms with Gasteiger partial charge in [-0.2, -0.15) is 0 Å². The van der Waals surface area contributed by atoms with Crippen molar-refractivity contribution in [3.63, 3.8) is 0 Å². The molecule has 3 aromatic carbocycles. The molecule has 0 bridgehead atoms. The average Bonchev–Trinajstić information content (AvgIpc) is 3.34. The van der Waals surface area contributed by atoms with Gasteiger partial charge in [-0.15, -0.1) is 0 Å². The van der Waals surface area contributed by atoms with Gasteiger partial charge in [-0.3, -0.25) is 14.4 Å². The van der Waals surface area contributed by atoms with Crippen LogP contribution in [0.25, 0.3) is 0 Å². The number of benzene rings is 3. The van der Waals surface area contributed by atoms with Crippen LogP contribution in [0.5, 0.6) is 17.2 Å². The van der Waals surface area contributed by atoms with Gasteiger partial charge in [-0.05, 0) is 48.5 Å². The van der Waals surface area contributed by atoms with E-state index in [0.29, 0.717) is 40.6 Å². The number of nitrogens with one attached hydrogen (secondary N) is 3. The number of anilines is 1. The highest BCUT2D eigenvalue weighted by Gasteiger charge is 2.14. The van der Waals surface area contributed by atoms with E-state index in [1.165, 1.54) is 0 Å². The van der Waals surface area contributed by atoms with Gasteiger partial charge in [0.05, 0.1) is 0 Å². The summed E-state index contributed by atoms with van der Waals surface area (Å²) in [5.74, 6) is 0.883. The Hall–Kier alpha value is -4.53. The third kappa shape index (κ3) is 6.04. The fraction of sp³-hybridized carbons (Fsp3) is 0.160. The lowest BCUT2D eigenvalue weighted by Crippen LogP contribution is -2.34. The van der Waals surface area contributed by atoms with E-state index in [-0.39, 0.29) is 37.7 Å². The first-order valence-electron chi connectivity index (χ1n) is 10.6. The molecule has 1 heterocycles. The Morgan fingerprint density at radius 1 is 0.765 bits per heavy atom. The molecular weight excluding hydrogens is 438 g/mol. The van der Waals surface area contributed by atoms with Crippen LogP contribution in [0.4, 0.5) is 5.69 Å². The van der Waals surface area contributed by atoms with Crippen LogP contribution in [-0.2, 0) is 4.79 Å². The first kappa shape index (κ1) is 22.7. The zero-order chi connectivity index (χ0) is 23.8. The lowest BCUT2D eigenvalue weighted by molar-refractivity contribution is -0.118. The number of fused-ring (bicyclic) bond motifs is 1. The predicted octanol–water partition coefficient (Wildman–Crippen LogP) is 2.59. The van der Waals surface area contributed by atoms with Crippen molar-refractivity contribution < 1.29 is 28.6 Å². The van der Waals surface area contributed by atoms with Crippen molar-refractivity contribution in [1.82, 2.24) is 10.6 Å². The number of ether oxygens (including phenoxy) is 3. The third-order valence-corrected chi connectivity index (χ3v) is 4.88. The largest absolute Gasteiger partial charge is 0.484 e. The second-order valence-corrected chi connectivity index (χ2v) is 7.31. The smallest absolute Gasteiger partial charge is 0.262 e. The molecule has 0 fully saturated rings. The van der Waals surface area contributed by atoms with Gasteiger partial charge in [0.15, 0.2) is 18.1 Å². The second kappa shape index (κ2) is 10.9. The first-order chi connectivity index (χ1) is 16.6. The van der Waals surface area contributed by atoms with Crippen LogP contribution in [0.15, 0.2) is 72.8 Å². The summed E-state index contributed by atoms with van der Waals surface area (Å²) in [5, 5.41) is 8.20. The highest BCUT2D eigenvalue weighted by atomic mass is 16.7. The fourth-order valence-corrected chi connectivity index (χ4v) is 3.16. The topological polar surface area (TPSA) is 115 Å². The van der Waals surface area contributed by atoms with Crippen molar-refractivity contribution in [3.8, 4) is 17.2 Å². The molecule has 0 saturated carbocycles. The molecule has 9 heteroatoms. The van der Waals surface area contributed by atoms with Crippen molar-refractivity contribution >= 4 is 23.4 Å². The maximum atomic E-state index is 12.3. The van der Waals surface area contributed by atoms with Crippen LogP contribution < -0.4 is 30.2 Å². The molecule has 1 aliphatic heterocycles. The van der Waals surface area contributed by atoms with E-state index >= 15 is 0 Å². The monoisotopic (exact) mass is 461 g/mol. The van der Waals surface area contributed by atoms with E-state index in [0.717, 1.165) is 0 Å². The molecule has 0 spiro atoms. The predicted molar refractivity (Wildman–Crippen MR) is 124 cm³/mol. The van der Waals surface area contributed by atoms with Gasteiger partial charge in [0.25, 0.3) is 17.7 Å². The van der Waals surface area contributed by atoms with Crippen molar-refractivity contribution in [1.29, 1.82) is 0 Å². The van der Waals surface area contributed by atoms with Crippen LogP contribution in [0.3, 0.4) is 0 Å². The molecular formula is C25H23N3O6. The Balaban J connectivity index is 1.17. The van der Waals surface area contributed by atoms with E-state index in [1.54, 1.807) is 66.7 Å². The van der Waals surface area contributed by atoms with E-state index < -0.39 is 0 Å². The average molecular weight is 461 g/mol. The van der Waals surface area contributed by atoms with Crippen molar-refractivity contribution in [2.24, 2.45) is 0 Å². The molecule has 0 saturated heterocycles. The summed E-state index contributed by atoms with van der Waals surface area (Å²) in [6.07, 6.45) is 0. The molecule has 3 aromatic rings. The number of hydrogen-bond donors (Lipinski definition) is 3. The van der Waals surface area contributed by atoms with Crippen LogP contribution in [0.1, 0.15) is 20.7 Å². The number of hydrogen-bond acceptors (Lipinski definition) is 6. The van der Waals surface area contributed by atoms with E-state index in [4.69, 9.17) is 14.2 Å². The lowest BCUT2D eigenvalue weighted by Gasteiger charge is -2.09.